The number of rotatable bonds is 8. The molecule has 0 aliphatic heterocycles. The van der Waals surface area contributed by atoms with Crippen LogP contribution in [0, 0.1) is 0 Å². The van der Waals surface area contributed by atoms with Crippen LogP contribution in [0.1, 0.15) is 27.2 Å². The smallest absolute Gasteiger partial charge is 0.236 e. The molecule has 0 atom stereocenters. The lowest BCUT2D eigenvalue weighted by molar-refractivity contribution is -0.128. The van der Waals surface area contributed by atoms with Crippen LogP contribution in [0.5, 0.6) is 0 Å². The van der Waals surface area contributed by atoms with Crippen LogP contribution in [0.3, 0.4) is 0 Å². The molecule has 0 radical (unpaired) electrons. The van der Waals surface area contributed by atoms with Crippen molar-refractivity contribution in [3.05, 3.63) is 0 Å². The Morgan fingerprint density at radius 2 is 1.94 bits per heavy atom. The van der Waals surface area contributed by atoms with Gasteiger partial charge in [0.25, 0.3) is 0 Å². The lowest BCUT2D eigenvalue weighted by Crippen LogP contribution is -2.36. The number of amides is 1. The van der Waals surface area contributed by atoms with Crippen LogP contribution < -0.4 is 5.32 Å². The summed E-state index contributed by atoms with van der Waals surface area (Å²) in [6.07, 6.45) is 1.08. The van der Waals surface area contributed by atoms with Crippen LogP contribution in [0.25, 0.3) is 0 Å². The molecule has 0 aromatic heterocycles. The fourth-order valence-electron chi connectivity index (χ4n) is 1.22. The van der Waals surface area contributed by atoms with Gasteiger partial charge in [0.2, 0.25) is 5.91 Å². The monoisotopic (exact) mass is 229 g/mol. The molecule has 0 aromatic rings. The van der Waals surface area contributed by atoms with Crippen molar-refractivity contribution in [2.24, 2.45) is 0 Å². The molecule has 16 heavy (non-hydrogen) atoms. The highest BCUT2D eigenvalue weighted by Crippen LogP contribution is 1.94. The van der Waals surface area contributed by atoms with Gasteiger partial charge in [0, 0.05) is 19.6 Å². The SMILES string of the molecule is CCN(C)C(=O)CNCCCN(C)C(C)C. The van der Waals surface area contributed by atoms with Crippen LogP contribution in [-0.4, -0.2) is 62.0 Å². The third kappa shape index (κ3) is 6.80. The lowest BCUT2D eigenvalue weighted by atomic mass is 10.3. The van der Waals surface area contributed by atoms with E-state index in [4.69, 9.17) is 0 Å². The summed E-state index contributed by atoms with van der Waals surface area (Å²) in [5.74, 6) is 0.166. The molecule has 0 unspecified atom stereocenters. The van der Waals surface area contributed by atoms with Crippen molar-refractivity contribution < 1.29 is 4.79 Å². The van der Waals surface area contributed by atoms with E-state index in [1.54, 1.807) is 4.90 Å². The number of carbonyl (C=O) groups excluding carboxylic acids is 1. The molecule has 0 bridgehead atoms. The molecule has 4 nitrogen and oxygen atoms in total. The first-order chi connectivity index (χ1) is 7.49. The van der Waals surface area contributed by atoms with E-state index >= 15 is 0 Å². The Balaban J connectivity index is 3.44. The molecule has 0 spiro atoms. The quantitative estimate of drug-likeness (QED) is 0.625. The molecule has 0 saturated carbocycles. The van der Waals surface area contributed by atoms with Gasteiger partial charge >= 0.3 is 0 Å². The molecule has 0 fully saturated rings. The maximum Gasteiger partial charge on any atom is 0.236 e. The third-order valence-electron chi connectivity index (χ3n) is 2.92. The largest absolute Gasteiger partial charge is 0.345 e. The standard InChI is InChI=1S/C12H27N3O/c1-6-14(4)12(16)10-13-8-7-9-15(5)11(2)3/h11,13H,6-10H2,1-5H3. The van der Waals surface area contributed by atoms with E-state index in [0.717, 1.165) is 26.1 Å². The molecule has 0 rings (SSSR count). The van der Waals surface area contributed by atoms with Crippen LogP contribution in [0.2, 0.25) is 0 Å². The van der Waals surface area contributed by atoms with Crippen LogP contribution in [0.15, 0.2) is 0 Å². The normalized spacial score (nSPS) is 11.2. The van der Waals surface area contributed by atoms with Crippen molar-refractivity contribution in [1.82, 2.24) is 15.1 Å². The zero-order chi connectivity index (χ0) is 12.6. The summed E-state index contributed by atoms with van der Waals surface area (Å²) in [5.41, 5.74) is 0. The number of carbonyl (C=O) groups is 1. The van der Waals surface area contributed by atoms with Crippen molar-refractivity contribution in [3.63, 3.8) is 0 Å². The van der Waals surface area contributed by atoms with Crippen LogP contribution >= 0.6 is 0 Å². The van der Waals surface area contributed by atoms with Crippen LogP contribution in [-0.2, 0) is 4.79 Å². The van der Waals surface area contributed by atoms with E-state index in [-0.39, 0.29) is 5.91 Å². The third-order valence-corrected chi connectivity index (χ3v) is 2.92. The number of nitrogens with one attached hydrogen (secondary N) is 1. The molecule has 1 amide bonds. The van der Waals surface area contributed by atoms with Gasteiger partial charge in [0.1, 0.15) is 0 Å². The maximum atomic E-state index is 11.4. The first-order valence-corrected chi connectivity index (χ1v) is 6.14. The summed E-state index contributed by atoms with van der Waals surface area (Å²) in [5, 5.41) is 3.18. The Kier molecular flexibility index (Phi) is 8.21. The molecule has 0 saturated heterocycles. The van der Waals surface area contributed by atoms with Gasteiger partial charge in [-0.25, -0.2) is 0 Å². The summed E-state index contributed by atoms with van der Waals surface area (Å²) >= 11 is 0. The van der Waals surface area contributed by atoms with Crippen molar-refractivity contribution in [1.29, 1.82) is 0 Å². The highest BCUT2D eigenvalue weighted by molar-refractivity contribution is 5.77. The topological polar surface area (TPSA) is 35.6 Å². The predicted molar refractivity (Wildman–Crippen MR) is 68.6 cm³/mol. The van der Waals surface area contributed by atoms with Gasteiger partial charge in [-0.15, -0.1) is 0 Å². The Morgan fingerprint density at radius 1 is 1.31 bits per heavy atom. The number of nitrogens with zero attached hydrogens (tertiary/aromatic N) is 2. The van der Waals surface area contributed by atoms with E-state index in [9.17, 15) is 4.79 Å². The summed E-state index contributed by atoms with van der Waals surface area (Å²) < 4.78 is 0. The fourth-order valence-corrected chi connectivity index (χ4v) is 1.22. The lowest BCUT2D eigenvalue weighted by Gasteiger charge is -2.21. The predicted octanol–water partition coefficient (Wildman–Crippen LogP) is 0.785. The minimum Gasteiger partial charge on any atom is -0.345 e. The Bertz CT molecular complexity index is 195. The molecule has 1 N–H and O–H groups in total. The van der Waals surface area contributed by atoms with Crippen molar-refractivity contribution in [2.45, 2.75) is 33.2 Å². The second-order valence-corrected chi connectivity index (χ2v) is 4.51. The Hall–Kier alpha value is -0.610. The van der Waals surface area contributed by atoms with Gasteiger partial charge in [-0.1, -0.05) is 0 Å². The minimum atomic E-state index is 0.166. The second-order valence-electron chi connectivity index (χ2n) is 4.51. The van der Waals surface area contributed by atoms with Crippen LogP contribution in [0.4, 0.5) is 0 Å². The van der Waals surface area contributed by atoms with Gasteiger partial charge in [0.15, 0.2) is 0 Å². The van der Waals surface area contributed by atoms with Crippen molar-refractivity contribution >= 4 is 5.91 Å². The van der Waals surface area contributed by atoms with E-state index < -0.39 is 0 Å². The maximum absolute atomic E-state index is 11.4. The van der Waals surface area contributed by atoms with Gasteiger partial charge in [-0.2, -0.15) is 0 Å². The summed E-state index contributed by atoms with van der Waals surface area (Å²) in [7, 11) is 3.96. The highest BCUT2D eigenvalue weighted by Gasteiger charge is 2.05. The Morgan fingerprint density at radius 3 is 2.44 bits per heavy atom. The Labute approximate surface area is 100.0 Å². The average molecular weight is 229 g/mol. The molecule has 0 aliphatic carbocycles. The van der Waals surface area contributed by atoms with Crippen molar-refractivity contribution in [3.8, 4) is 0 Å². The summed E-state index contributed by atoms with van der Waals surface area (Å²) in [6.45, 7) is 9.56. The molecular weight excluding hydrogens is 202 g/mol. The molecule has 0 aliphatic rings. The first-order valence-electron chi connectivity index (χ1n) is 6.14. The first kappa shape index (κ1) is 15.4. The van der Waals surface area contributed by atoms with E-state index in [1.165, 1.54) is 0 Å². The summed E-state index contributed by atoms with van der Waals surface area (Å²) in [4.78, 5) is 15.5. The molecular formula is C12H27N3O. The second kappa shape index (κ2) is 8.53. The van der Waals surface area contributed by atoms with Gasteiger partial charge in [-0.3, -0.25) is 4.79 Å². The zero-order valence-electron chi connectivity index (χ0n) is 11.4. The average Bonchev–Trinajstić information content (AvgIpc) is 2.26. The molecule has 96 valence electrons. The summed E-state index contributed by atoms with van der Waals surface area (Å²) in [6, 6.07) is 0.591. The molecule has 4 heteroatoms. The van der Waals surface area contributed by atoms with Gasteiger partial charge in [-0.05, 0) is 47.3 Å². The van der Waals surface area contributed by atoms with Gasteiger partial charge in [0.05, 0.1) is 6.54 Å². The minimum absolute atomic E-state index is 0.166. The van der Waals surface area contributed by atoms with E-state index in [0.29, 0.717) is 12.6 Å². The number of hydrogen-bond acceptors (Lipinski definition) is 3. The number of likely N-dealkylation sites (N-methyl/N-ethyl adjacent to an activating group) is 1. The molecule has 0 aromatic carbocycles. The fraction of sp³-hybridized carbons (Fsp3) is 0.917. The van der Waals surface area contributed by atoms with E-state index in [1.807, 2.05) is 14.0 Å². The number of hydrogen-bond donors (Lipinski definition) is 1. The zero-order valence-corrected chi connectivity index (χ0v) is 11.4. The van der Waals surface area contributed by atoms with Crippen molar-refractivity contribution in [2.75, 3.05) is 40.3 Å². The van der Waals surface area contributed by atoms with Gasteiger partial charge < -0.3 is 15.1 Å². The molecule has 0 heterocycles. The van der Waals surface area contributed by atoms with E-state index in [2.05, 4.69) is 31.1 Å². The highest BCUT2D eigenvalue weighted by atomic mass is 16.2.